The molecular formula is C31H45NO9. The highest BCUT2D eigenvalue weighted by Gasteiger charge is 2.66. The quantitative estimate of drug-likeness (QED) is 0.286. The number of aliphatic hydroxyl groups excluding tert-OH is 1. The number of ether oxygens (including phenoxy) is 1. The van der Waals surface area contributed by atoms with Gasteiger partial charge in [-0.2, -0.15) is 0 Å². The number of ketones is 2. The Balaban J connectivity index is 1.30. The van der Waals surface area contributed by atoms with Gasteiger partial charge in [-0.3, -0.25) is 19.2 Å². The fraction of sp³-hybridized carbons (Fsp3) is 0.774. The van der Waals surface area contributed by atoms with Gasteiger partial charge in [0.25, 0.3) is 0 Å². The first-order chi connectivity index (χ1) is 19.0. The highest BCUT2D eigenvalue weighted by atomic mass is 16.5. The van der Waals surface area contributed by atoms with E-state index >= 15 is 0 Å². The van der Waals surface area contributed by atoms with Gasteiger partial charge in [0.15, 0.2) is 18.5 Å². The van der Waals surface area contributed by atoms with Gasteiger partial charge in [-0.1, -0.05) is 33.3 Å². The lowest BCUT2D eigenvalue weighted by molar-refractivity contribution is -0.170. The molecule has 3 saturated carbocycles. The Morgan fingerprint density at radius 1 is 1.05 bits per heavy atom. The molecule has 0 aromatic heterocycles. The van der Waals surface area contributed by atoms with E-state index in [2.05, 4.69) is 12.2 Å². The molecule has 0 aromatic carbocycles. The minimum atomic E-state index is -1.66. The zero-order valence-electron chi connectivity index (χ0n) is 24.7. The molecule has 228 valence electrons. The minimum Gasteiger partial charge on any atom is -0.479 e. The topological polar surface area (TPSA) is 167 Å². The zero-order chi connectivity index (χ0) is 30.4. The standard InChI is InChI=1S/C31H45NO9/c1-28(2,26(37)27(38)39)17-32-24(35)7-8-25(36)41-16-23(34)31(40)14-11-22-20-6-5-18-15-19(33)9-12-29(18,3)21(20)10-13-30(22,31)4/h15,20-22,26,37,40H,5-14,16-17H2,1-4H3,(H,32,35)(H,38,39). The van der Waals surface area contributed by atoms with E-state index in [0.29, 0.717) is 31.1 Å². The maximum Gasteiger partial charge on any atom is 0.333 e. The molecule has 4 N–H and O–H groups in total. The molecule has 0 heterocycles. The van der Waals surface area contributed by atoms with Crippen molar-refractivity contribution < 1.29 is 44.0 Å². The number of hydrogen-bond donors (Lipinski definition) is 4. The molecule has 7 unspecified atom stereocenters. The number of carbonyl (C=O) groups is 5. The number of nitrogens with one attached hydrogen (secondary N) is 1. The number of hydrogen-bond acceptors (Lipinski definition) is 8. The van der Waals surface area contributed by atoms with Crippen LogP contribution in [-0.2, 0) is 28.7 Å². The maximum atomic E-state index is 13.4. The van der Waals surface area contributed by atoms with Gasteiger partial charge in [0.05, 0.1) is 6.42 Å². The lowest BCUT2D eigenvalue weighted by Gasteiger charge is -2.58. The molecule has 7 atom stereocenters. The summed E-state index contributed by atoms with van der Waals surface area (Å²) in [5, 5.41) is 33.0. The third kappa shape index (κ3) is 5.61. The second kappa shape index (κ2) is 11.2. The Kier molecular flexibility index (Phi) is 8.60. The summed E-state index contributed by atoms with van der Waals surface area (Å²) >= 11 is 0. The Hall–Kier alpha value is -2.59. The van der Waals surface area contributed by atoms with Crippen molar-refractivity contribution in [1.29, 1.82) is 0 Å². The summed E-state index contributed by atoms with van der Waals surface area (Å²) in [7, 11) is 0. The summed E-state index contributed by atoms with van der Waals surface area (Å²) < 4.78 is 5.19. The Bertz CT molecular complexity index is 1140. The number of fused-ring (bicyclic) bond motifs is 5. The van der Waals surface area contributed by atoms with E-state index in [1.807, 2.05) is 13.0 Å². The lowest BCUT2D eigenvalue weighted by atomic mass is 9.46. The number of aliphatic carboxylic acids is 1. The van der Waals surface area contributed by atoms with Crippen molar-refractivity contribution in [2.45, 2.75) is 104 Å². The number of rotatable bonds is 10. The van der Waals surface area contributed by atoms with Gasteiger partial charge in [-0.25, -0.2) is 4.79 Å². The molecule has 4 aliphatic rings. The van der Waals surface area contributed by atoms with Crippen LogP contribution >= 0.6 is 0 Å². The summed E-state index contributed by atoms with van der Waals surface area (Å²) in [5.41, 5.74) is -2.05. The van der Waals surface area contributed by atoms with Crippen molar-refractivity contribution in [3.63, 3.8) is 0 Å². The molecule has 4 aliphatic carbocycles. The van der Waals surface area contributed by atoms with Crippen LogP contribution in [0.4, 0.5) is 0 Å². The van der Waals surface area contributed by atoms with Crippen LogP contribution in [0.2, 0.25) is 0 Å². The first-order valence-electron chi connectivity index (χ1n) is 14.9. The van der Waals surface area contributed by atoms with Gasteiger partial charge in [0.1, 0.15) is 5.60 Å². The number of amides is 1. The van der Waals surface area contributed by atoms with E-state index in [9.17, 15) is 34.2 Å². The normalized spacial score (nSPS) is 35.3. The summed E-state index contributed by atoms with van der Waals surface area (Å²) in [4.78, 5) is 60.9. The number of esters is 1. The average Bonchev–Trinajstić information content (AvgIpc) is 3.20. The molecule has 0 aromatic rings. The van der Waals surface area contributed by atoms with Crippen LogP contribution in [0, 0.1) is 34.0 Å². The SMILES string of the molecule is CC(C)(CNC(=O)CCC(=O)OCC(=O)C1(O)CCC2C3CCC4=CC(=O)CCC4(C)C3CCC21C)C(O)C(=O)O. The molecule has 0 aliphatic heterocycles. The third-order valence-electron chi connectivity index (χ3n) is 11.2. The smallest absolute Gasteiger partial charge is 0.333 e. The van der Waals surface area contributed by atoms with Crippen molar-refractivity contribution in [1.82, 2.24) is 5.32 Å². The first kappa shape index (κ1) is 31.3. The van der Waals surface area contributed by atoms with Gasteiger partial charge in [0, 0.05) is 30.2 Å². The van der Waals surface area contributed by atoms with E-state index in [1.54, 1.807) is 0 Å². The van der Waals surface area contributed by atoms with Crippen molar-refractivity contribution in [2.24, 2.45) is 34.0 Å². The minimum absolute atomic E-state index is 0.00347. The molecule has 4 rings (SSSR count). The van der Waals surface area contributed by atoms with Crippen molar-refractivity contribution in [3.05, 3.63) is 11.6 Å². The molecule has 0 spiro atoms. The molecule has 41 heavy (non-hydrogen) atoms. The second-order valence-electron chi connectivity index (χ2n) is 13.9. The van der Waals surface area contributed by atoms with Crippen molar-refractivity contribution in [2.75, 3.05) is 13.2 Å². The second-order valence-corrected chi connectivity index (χ2v) is 13.9. The summed E-state index contributed by atoms with van der Waals surface area (Å²) in [6.07, 6.45) is 5.60. The number of aliphatic hydroxyl groups is 2. The lowest BCUT2D eigenvalue weighted by Crippen LogP contribution is -2.58. The van der Waals surface area contributed by atoms with Crippen LogP contribution in [-0.4, -0.2) is 69.6 Å². The van der Waals surface area contributed by atoms with Crippen molar-refractivity contribution >= 4 is 29.4 Å². The predicted molar refractivity (Wildman–Crippen MR) is 147 cm³/mol. The molecule has 10 nitrogen and oxygen atoms in total. The first-order valence-corrected chi connectivity index (χ1v) is 14.9. The molecule has 1 amide bonds. The molecular weight excluding hydrogens is 530 g/mol. The van der Waals surface area contributed by atoms with Gasteiger partial charge in [-0.15, -0.1) is 0 Å². The Morgan fingerprint density at radius 2 is 1.73 bits per heavy atom. The van der Waals surface area contributed by atoms with E-state index in [0.717, 1.165) is 32.1 Å². The summed E-state index contributed by atoms with van der Waals surface area (Å²) in [5.74, 6) is -1.97. The number of Topliss-reactive ketones (excluding diaryl/α,β-unsaturated/α-hetero) is 1. The fourth-order valence-electron chi connectivity index (χ4n) is 8.43. The maximum absolute atomic E-state index is 13.4. The van der Waals surface area contributed by atoms with Crippen LogP contribution in [0.5, 0.6) is 0 Å². The van der Waals surface area contributed by atoms with Crippen LogP contribution in [0.25, 0.3) is 0 Å². The predicted octanol–water partition coefficient (Wildman–Crippen LogP) is 2.73. The highest BCUT2D eigenvalue weighted by Crippen LogP contribution is 2.67. The fourth-order valence-corrected chi connectivity index (χ4v) is 8.43. The van der Waals surface area contributed by atoms with E-state index in [1.165, 1.54) is 19.4 Å². The Morgan fingerprint density at radius 3 is 2.41 bits per heavy atom. The molecule has 3 fully saturated rings. The number of allylic oxidation sites excluding steroid dienone is 1. The molecule has 0 radical (unpaired) electrons. The summed E-state index contributed by atoms with van der Waals surface area (Å²) in [6, 6.07) is 0. The van der Waals surface area contributed by atoms with Gasteiger partial charge in [0.2, 0.25) is 11.7 Å². The Labute approximate surface area is 241 Å². The van der Waals surface area contributed by atoms with Crippen molar-refractivity contribution in [3.8, 4) is 0 Å². The van der Waals surface area contributed by atoms with E-state index in [-0.39, 0.29) is 36.5 Å². The molecule has 10 heteroatoms. The van der Waals surface area contributed by atoms with E-state index in [4.69, 9.17) is 9.84 Å². The monoisotopic (exact) mass is 575 g/mol. The summed E-state index contributed by atoms with van der Waals surface area (Å²) in [6.45, 7) is 6.63. The highest BCUT2D eigenvalue weighted by molar-refractivity contribution is 5.92. The van der Waals surface area contributed by atoms with Gasteiger partial charge >= 0.3 is 11.9 Å². The number of carboxylic acid groups (broad SMARTS) is 1. The van der Waals surface area contributed by atoms with Crippen LogP contribution in [0.3, 0.4) is 0 Å². The van der Waals surface area contributed by atoms with Crippen LogP contribution in [0.1, 0.15) is 91.9 Å². The molecule has 0 saturated heterocycles. The molecule has 0 bridgehead atoms. The van der Waals surface area contributed by atoms with Gasteiger partial charge in [-0.05, 0) is 74.2 Å². The van der Waals surface area contributed by atoms with Crippen LogP contribution in [0.15, 0.2) is 11.6 Å². The number of carboxylic acids is 1. The average molecular weight is 576 g/mol. The van der Waals surface area contributed by atoms with Crippen LogP contribution < -0.4 is 5.32 Å². The van der Waals surface area contributed by atoms with E-state index < -0.39 is 52.8 Å². The zero-order valence-corrected chi connectivity index (χ0v) is 24.7. The number of carbonyl (C=O) groups excluding carboxylic acids is 4. The largest absolute Gasteiger partial charge is 0.479 e. The third-order valence-corrected chi connectivity index (χ3v) is 11.2. The van der Waals surface area contributed by atoms with Gasteiger partial charge < -0.3 is 25.4 Å².